The molecule has 0 aromatic carbocycles. The highest BCUT2D eigenvalue weighted by Crippen LogP contribution is 2.11. The summed E-state index contributed by atoms with van der Waals surface area (Å²) in [5, 5.41) is 0. The van der Waals surface area contributed by atoms with Crippen LogP contribution in [0.15, 0.2) is 36.6 Å². The van der Waals surface area contributed by atoms with Crippen molar-refractivity contribution in [2.24, 2.45) is 0 Å². The molecule has 1 saturated heterocycles. The van der Waals surface area contributed by atoms with Crippen LogP contribution in [0.4, 0.5) is 0 Å². The normalized spacial score (nSPS) is 20.5. The van der Waals surface area contributed by atoms with E-state index in [1.807, 2.05) is 24.0 Å². The number of nitrogens with zero attached hydrogens (tertiary/aromatic N) is 1. The number of sulfone groups is 1. The summed E-state index contributed by atoms with van der Waals surface area (Å²) in [6.07, 6.45) is 3.76. The Morgan fingerprint density at radius 1 is 1.20 bits per heavy atom. The van der Waals surface area contributed by atoms with E-state index in [1.54, 1.807) is 0 Å². The van der Waals surface area contributed by atoms with Gasteiger partial charge in [-0.25, -0.2) is 8.42 Å². The fraction of sp³-hybridized carbons (Fsp3) is 0.455. The first-order valence-corrected chi connectivity index (χ1v) is 6.71. The number of rotatable bonds is 3. The predicted octanol–water partition coefficient (Wildman–Crippen LogP) is 1.36. The Labute approximate surface area is 91.7 Å². The maximum absolute atomic E-state index is 11.2. The molecule has 0 aromatic rings. The maximum atomic E-state index is 11.2. The van der Waals surface area contributed by atoms with Crippen LogP contribution in [0.3, 0.4) is 0 Å². The summed E-state index contributed by atoms with van der Waals surface area (Å²) < 4.78 is 22.4. The van der Waals surface area contributed by atoms with Crippen LogP contribution in [0, 0.1) is 0 Å². The van der Waals surface area contributed by atoms with Crippen LogP contribution in [0.1, 0.15) is 6.92 Å². The van der Waals surface area contributed by atoms with Gasteiger partial charge in [-0.05, 0) is 13.0 Å². The highest BCUT2D eigenvalue weighted by Gasteiger charge is 2.21. The Balaban J connectivity index is 2.54. The predicted molar refractivity (Wildman–Crippen MR) is 63.3 cm³/mol. The molecule has 84 valence electrons. The third kappa shape index (κ3) is 3.91. The Hall–Kier alpha value is -1.03. The van der Waals surface area contributed by atoms with Gasteiger partial charge in [0.25, 0.3) is 0 Å². The molecule has 1 fully saturated rings. The topological polar surface area (TPSA) is 37.4 Å². The van der Waals surface area contributed by atoms with Gasteiger partial charge in [0.05, 0.1) is 11.5 Å². The van der Waals surface area contributed by atoms with Crippen molar-refractivity contribution in [3.8, 4) is 0 Å². The first-order valence-electron chi connectivity index (χ1n) is 4.88. The Morgan fingerprint density at radius 3 is 2.20 bits per heavy atom. The molecular formula is C11H17NO2S. The molecule has 0 spiro atoms. The SMILES string of the molecule is C=C(C)/C=C\C(=C)N1CCS(=O)(=O)CC1. The van der Waals surface area contributed by atoms with Crippen molar-refractivity contribution in [3.05, 3.63) is 36.6 Å². The summed E-state index contributed by atoms with van der Waals surface area (Å²) in [7, 11) is -2.80. The second-order valence-electron chi connectivity index (χ2n) is 3.81. The molecule has 0 saturated carbocycles. The fourth-order valence-corrected chi connectivity index (χ4v) is 2.54. The molecule has 0 bridgehead atoms. The smallest absolute Gasteiger partial charge is 0.153 e. The quantitative estimate of drug-likeness (QED) is 0.683. The number of allylic oxidation sites excluding steroid dienone is 3. The minimum Gasteiger partial charge on any atom is -0.370 e. The van der Waals surface area contributed by atoms with Crippen molar-refractivity contribution in [1.82, 2.24) is 4.90 Å². The van der Waals surface area contributed by atoms with E-state index in [9.17, 15) is 8.42 Å². The zero-order valence-corrected chi connectivity index (χ0v) is 9.89. The summed E-state index contributed by atoms with van der Waals surface area (Å²) in [6.45, 7) is 10.6. The standard InChI is InChI=1S/C11H17NO2S/c1-10(2)4-5-11(3)12-6-8-15(13,14)9-7-12/h4-5H,1,3,6-9H2,2H3/b5-4-. The first kappa shape index (κ1) is 12.0. The minimum absolute atomic E-state index is 0.229. The molecule has 0 amide bonds. The highest BCUT2D eigenvalue weighted by atomic mass is 32.2. The average Bonchev–Trinajstić information content (AvgIpc) is 2.14. The lowest BCUT2D eigenvalue weighted by Crippen LogP contribution is -2.38. The van der Waals surface area contributed by atoms with Crippen LogP contribution in [-0.4, -0.2) is 37.9 Å². The van der Waals surface area contributed by atoms with Crippen molar-refractivity contribution in [2.45, 2.75) is 6.92 Å². The monoisotopic (exact) mass is 227 g/mol. The minimum atomic E-state index is -2.80. The summed E-state index contributed by atoms with van der Waals surface area (Å²) >= 11 is 0. The van der Waals surface area contributed by atoms with Crippen LogP contribution in [0.25, 0.3) is 0 Å². The molecule has 0 unspecified atom stereocenters. The number of hydrogen-bond acceptors (Lipinski definition) is 3. The van der Waals surface area contributed by atoms with Crippen molar-refractivity contribution in [2.75, 3.05) is 24.6 Å². The molecule has 0 aromatic heterocycles. The highest BCUT2D eigenvalue weighted by molar-refractivity contribution is 7.91. The molecule has 0 radical (unpaired) electrons. The fourth-order valence-electron chi connectivity index (χ4n) is 1.34. The van der Waals surface area contributed by atoms with Gasteiger partial charge in [-0.2, -0.15) is 0 Å². The summed E-state index contributed by atoms with van der Waals surface area (Å²) in [4.78, 5) is 1.99. The molecule has 0 N–H and O–H groups in total. The van der Waals surface area contributed by atoms with Gasteiger partial charge in [0, 0.05) is 18.8 Å². The van der Waals surface area contributed by atoms with Gasteiger partial charge < -0.3 is 4.90 Å². The first-order chi connectivity index (χ1) is 6.91. The van der Waals surface area contributed by atoms with Gasteiger partial charge in [-0.15, -0.1) is 0 Å². The van der Waals surface area contributed by atoms with Gasteiger partial charge in [0.15, 0.2) is 9.84 Å². The molecule has 3 nitrogen and oxygen atoms in total. The molecule has 4 heteroatoms. The van der Waals surface area contributed by atoms with Crippen LogP contribution in [0.2, 0.25) is 0 Å². The molecule has 1 aliphatic heterocycles. The zero-order valence-electron chi connectivity index (χ0n) is 9.07. The van der Waals surface area contributed by atoms with Gasteiger partial charge in [-0.3, -0.25) is 0 Å². The second kappa shape index (κ2) is 4.66. The van der Waals surface area contributed by atoms with E-state index in [0.29, 0.717) is 13.1 Å². The van der Waals surface area contributed by atoms with Crippen LogP contribution in [-0.2, 0) is 9.84 Å². The molecule has 1 rings (SSSR count). The lowest BCUT2D eigenvalue weighted by atomic mass is 10.2. The van der Waals surface area contributed by atoms with E-state index < -0.39 is 9.84 Å². The van der Waals surface area contributed by atoms with Gasteiger partial charge in [0.2, 0.25) is 0 Å². The van der Waals surface area contributed by atoms with Crippen molar-refractivity contribution in [1.29, 1.82) is 0 Å². The lowest BCUT2D eigenvalue weighted by molar-refractivity contribution is 0.381. The summed E-state index contributed by atoms with van der Waals surface area (Å²) in [6, 6.07) is 0. The zero-order chi connectivity index (χ0) is 11.5. The maximum Gasteiger partial charge on any atom is 0.153 e. The molecular weight excluding hydrogens is 210 g/mol. The van der Waals surface area contributed by atoms with Crippen LogP contribution < -0.4 is 0 Å². The van der Waals surface area contributed by atoms with Gasteiger partial charge in [-0.1, -0.05) is 24.8 Å². The summed E-state index contributed by atoms with van der Waals surface area (Å²) in [5.41, 5.74) is 1.81. The van der Waals surface area contributed by atoms with E-state index in [-0.39, 0.29) is 11.5 Å². The van der Waals surface area contributed by atoms with Crippen molar-refractivity contribution in [3.63, 3.8) is 0 Å². The van der Waals surface area contributed by atoms with Crippen molar-refractivity contribution < 1.29 is 8.42 Å². The van der Waals surface area contributed by atoms with Gasteiger partial charge in [0.1, 0.15) is 0 Å². The Morgan fingerprint density at radius 2 is 1.73 bits per heavy atom. The molecule has 15 heavy (non-hydrogen) atoms. The van der Waals surface area contributed by atoms with Crippen LogP contribution >= 0.6 is 0 Å². The Kier molecular flexibility index (Phi) is 3.74. The molecule has 0 aliphatic carbocycles. The number of hydrogen-bond donors (Lipinski definition) is 0. The third-order valence-corrected chi connectivity index (χ3v) is 3.92. The summed E-state index contributed by atoms with van der Waals surface area (Å²) in [5.74, 6) is 0.458. The molecule has 1 heterocycles. The van der Waals surface area contributed by atoms with E-state index in [4.69, 9.17) is 0 Å². The largest absolute Gasteiger partial charge is 0.370 e. The second-order valence-corrected chi connectivity index (χ2v) is 6.11. The average molecular weight is 227 g/mol. The molecule has 0 atom stereocenters. The van der Waals surface area contributed by atoms with E-state index in [2.05, 4.69) is 13.2 Å². The Bertz CT molecular complexity index is 379. The van der Waals surface area contributed by atoms with Gasteiger partial charge >= 0.3 is 0 Å². The van der Waals surface area contributed by atoms with E-state index in [0.717, 1.165) is 11.3 Å². The van der Waals surface area contributed by atoms with Crippen molar-refractivity contribution >= 4 is 9.84 Å². The van der Waals surface area contributed by atoms with E-state index >= 15 is 0 Å². The van der Waals surface area contributed by atoms with Crippen LogP contribution in [0.5, 0.6) is 0 Å². The molecule has 1 aliphatic rings. The third-order valence-electron chi connectivity index (χ3n) is 2.31. The lowest BCUT2D eigenvalue weighted by Gasteiger charge is -2.28. The van der Waals surface area contributed by atoms with E-state index in [1.165, 1.54) is 0 Å².